The van der Waals surface area contributed by atoms with Crippen molar-refractivity contribution in [3.8, 4) is 11.5 Å². The van der Waals surface area contributed by atoms with E-state index in [2.05, 4.69) is 0 Å². The summed E-state index contributed by atoms with van der Waals surface area (Å²) in [5.41, 5.74) is 0. The average molecular weight is 166 g/mol. The summed E-state index contributed by atoms with van der Waals surface area (Å²) in [5, 5.41) is 0.490. The monoisotopic (exact) mass is 166 g/mol. The van der Waals surface area contributed by atoms with Crippen LogP contribution in [0.2, 0.25) is 0 Å². The van der Waals surface area contributed by atoms with E-state index in [9.17, 15) is 0 Å². The quantitative estimate of drug-likeness (QED) is 0.547. The second-order valence-electron chi connectivity index (χ2n) is 2.21. The average Bonchev–Trinajstić information content (AvgIpc) is 2.04. The number of para-hydroxylation sites is 2. The predicted molar refractivity (Wildman–Crippen MR) is 45.2 cm³/mol. The van der Waals surface area contributed by atoms with Gasteiger partial charge >= 0.3 is 0 Å². The van der Waals surface area contributed by atoms with Crippen LogP contribution in [0.15, 0.2) is 24.3 Å². The first kappa shape index (κ1) is 6.61. The fourth-order valence-corrected chi connectivity index (χ4v) is 1.09. The van der Waals surface area contributed by atoms with Crippen LogP contribution in [-0.2, 0) is 0 Å². The fourth-order valence-electron chi connectivity index (χ4n) is 0.943. The van der Waals surface area contributed by atoms with Crippen LogP contribution in [0.5, 0.6) is 11.5 Å². The number of thiocarbonyl (C=S) groups is 1. The second kappa shape index (κ2) is 2.51. The van der Waals surface area contributed by atoms with Crippen LogP contribution in [0.25, 0.3) is 0 Å². The topological polar surface area (TPSA) is 18.5 Å². The fraction of sp³-hybridized carbons (Fsp3) is 0.125. The van der Waals surface area contributed by atoms with Gasteiger partial charge in [0.25, 0.3) is 0 Å². The molecule has 0 saturated carbocycles. The largest absolute Gasteiger partial charge is 0.481 e. The molecule has 0 aromatic heterocycles. The van der Waals surface area contributed by atoms with Gasteiger partial charge in [0.2, 0.25) is 5.05 Å². The molecule has 0 bridgehead atoms. The van der Waals surface area contributed by atoms with Crippen molar-refractivity contribution < 1.29 is 9.47 Å². The molecule has 0 saturated heterocycles. The van der Waals surface area contributed by atoms with E-state index in [1.165, 1.54) is 0 Å². The van der Waals surface area contributed by atoms with Gasteiger partial charge in [-0.2, -0.15) is 0 Å². The summed E-state index contributed by atoms with van der Waals surface area (Å²) >= 11 is 4.83. The van der Waals surface area contributed by atoms with Crippen LogP contribution < -0.4 is 9.47 Å². The van der Waals surface area contributed by atoms with Crippen LogP contribution in [0, 0.1) is 0 Å². The van der Waals surface area contributed by atoms with Crippen LogP contribution in [-0.4, -0.2) is 11.7 Å². The minimum absolute atomic E-state index is 0.381. The molecule has 11 heavy (non-hydrogen) atoms. The SMILES string of the molecule is S=C1COc2ccccc2O1. The van der Waals surface area contributed by atoms with Gasteiger partial charge < -0.3 is 9.47 Å². The van der Waals surface area contributed by atoms with Crippen LogP contribution >= 0.6 is 12.2 Å². The summed E-state index contributed by atoms with van der Waals surface area (Å²) in [6.45, 7) is 0.381. The van der Waals surface area contributed by atoms with Gasteiger partial charge in [-0.05, 0) is 24.4 Å². The van der Waals surface area contributed by atoms with Crippen molar-refractivity contribution in [2.45, 2.75) is 0 Å². The second-order valence-corrected chi connectivity index (χ2v) is 2.66. The Bertz CT molecular complexity index is 296. The molecule has 0 aliphatic carbocycles. The Morgan fingerprint density at radius 2 is 1.91 bits per heavy atom. The summed E-state index contributed by atoms with van der Waals surface area (Å²) in [4.78, 5) is 0. The van der Waals surface area contributed by atoms with Gasteiger partial charge in [0.1, 0.15) is 0 Å². The number of benzene rings is 1. The highest BCUT2D eigenvalue weighted by Crippen LogP contribution is 2.29. The van der Waals surface area contributed by atoms with Crippen molar-refractivity contribution in [1.29, 1.82) is 0 Å². The van der Waals surface area contributed by atoms with Crippen molar-refractivity contribution in [2.75, 3.05) is 6.61 Å². The first-order chi connectivity index (χ1) is 5.36. The van der Waals surface area contributed by atoms with Crippen molar-refractivity contribution in [3.05, 3.63) is 24.3 Å². The number of hydrogen-bond donors (Lipinski definition) is 0. The highest BCUT2D eigenvalue weighted by Gasteiger charge is 2.13. The maximum atomic E-state index is 5.27. The van der Waals surface area contributed by atoms with Gasteiger partial charge in [0, 0.05) is 0 Å². The number of hydrogen-bond acceptors (Lipinski definition) is 3. The maximum Gasteiger partial charge on any atom is 0.205 e. The van der Waals surface area contributed by atoms with E-state index < -0.39 is 0 Å². The molecule has 0 spiro atoms. The molecular formula is C8H6O2S. The molecule has 2 rings (SSSR count). The third-order valence-electron chi connectivity index (χ3n) is 1.42. The van der Waals surface area contributed by atoms with Crippen molar-refractivity contribution >= 4 is 17.3 Å². The first-order valence-electron chi connectivity index (χ1n) is 3.29. The number of ether oxygens (including phenoxy) is 2. The third-order valence-corrected chi connectivity index (χ3v) is 1.62. The number of rotatable bonds is 0. The smallest absolute Gasteiger partial charge is 0.205 e. The van der Waals surface area contributed by atoms with Crippen molar-refractivity contribution in [3.63, 3.8) is 0 Å². The standard InChI is InChI=1S/C8H6O2S/c11-8-5-9-6-3-1-2-4-7(6)10-8/h1-4H,5H2. The van der Waals surface area contributed by atoms with E-state index in [0.717, 1.165) is 5.75 Å². The summed E-state index contributed by atoms with van der Waals surface area (Å²) in [5.74, 6) is 1.48. The minimum atomic E-state index is 0.381. The highest BCUT2D eigenvalue weighted by atomic mass is 32.1. The lowest BCUT2D eigenvalue weighted by Crippen LogP contribution is -2.20. The van der Waals surface area contributed by atoms with Gasteiger partial charge in [0.05, 0.1) is 0 Å². The van der Waals surface area contributed by atoms with Gasteiger partial charge in [-0.25, -0.2) is 0 Å². The summed E-state index contributed by atoms with van der Waals surface area (Å²) in [6, 6.07) is 7.48. The van der Waals surface area contributed by atoms with Crippen LogP contribution in [0.1, 0.15) is 0 Å². The summed E-state index contributed by atoms with van der Waals surface area (Å²) in [7, 11) is 0. The minimum Gasteiger partial charge on any atom is -0.481 e. The Hall–Kier alpha value is -1.09. The lowest BCUT2D eigenvalue weighted by atomic mass is 10.3. The first-order valence-corrected chi connectivity index (χ1v) is 3.69. The predicted octanol–water partition coefficient (Wildman–Crippen LogP) is 1.79. The Labute approximate surface area is 69.7 Å². The Balaban J connectivity index is 2.41. The van der Waals surface area contributed by atoms with E-state index >= 15 is 0 Å². The van der Waals surface area contributed by atoms with E-state index in [1.54, 1.807) is 0 Å². The molecule has 56 valence electrons. The molecule has 0 amide bonds. The molecule has 1 aromatic rings. The molecule has 2 nitrogen and oxygen atoms in total. The lowest BCUT2D eigenvalue weighted by molar-refractivity contribution is 0.311. The zero-order valence-corrected chi connectivity index (χ0v) is 6.56. The van der Waals surface area contributed by atoms with Gasteiger partial charge in [0.15, 0.2) is 18.1 Å². The molecule has 0 radical (unpaired) electrons. The number of fused-ring (bicyclic) bond motifs is 1. The Morgan fingerprint density at radius 3 is 2.73 bits per heavy atom. The Morgan fingerprint density at radius 1 is 1.18 bits per heavy atom. The highest BCUT2D eigenvalue weighted by molar-refractivity contribution is 7.80. The lowest BCUT2D eigenvalue weighted by Gasteiger charge is -2.17. The molecule has 3 heteroatoms. The van der Waals surface area contributed by atoms with Gasteiger partial charge in [-0.1, -0.05) is 12.1 Å². The van der Waals surface area contributed by atoms with E-state index in [0.29, 0.717) is 17.4 Å². The van der Waals surface area contributed by atoms with E-state index in [-0.39, 0.29) is 0 Å². The molecule has 0 N–H and O–H groups in total. The molecule has 1 aromatic carbocycles. The van der Waals surface area contributed by atoms with Crippen LogP contribution in [0.4, 0.5) is 0 Å². The van der Waals surface area contributed by atoms with Gasteiger partial charge in [-0.3, -0.25) is 0 Å². The zero-order chi connectivity index (χ0) is 7.68. The molecule has 1 heterocycles. The molecule has 0 unspecified atom stereocenters. The van der Waals surface area contributed by atoms with E-state index in [4.69, 9.17) is 21.7 Å². The molecule has 0 atom stereocenters. The molecular weight excluding hydrogens is 160 g/mol. The summed E-state index contributed by atoms with van der Waals surface area (Å²) in [6.07, 6.45) is 0. The maximum absolute atomic E-state index is 5.27. The molecule has 1 aliphatic rings. The van der Waals surface area contributed by atoms with E-state index in [1.807, 2.05) is 24.3 Å². The summed E-state index contributed by atoms with van der Waals surface area (Å²) < 4.78 is 10.5. The third kappa shape index (κ3) is 1.19. The molecule has 1 aliphatic heterocycles. The van der Waals surface area contributed by atoms with Crippen molar-refractivity contribution in [2.24, 2.45) is 0 Å². The normalized spacial score (nSPS) is 14.7. The Kier molecular flexibility index (Phi) is 1.51. The zero-order valence-electron chi connectivity index (χ0n) is 5.74. The molecule has 0 fully saturated rings. The van der Waals surface area contributed by atoms with Gasteiger partial charge in [-0.15, -0.1) is 0 Å². The van der Waals surface area contributed by atoms with Crippen molar-refractivity contribution in [1.82, 2.24) is 0 Å². The van der Waals surface area contributed by atoms with Crippen LogP contribution in [0.3, 0.4) is 0 Å².